The third-order valence-electron chi connectivity index (χ3n) is 3.68. The molecule has 2 aromatic heterocycles. The summed E-state index contributed by atoms with van der Waals surface area (Å²) in [5, 5.41) is 6.26. The first-order chi connectivity index (χ1) is 10.4. The molecule has 2 heterocycles. The largest absolute Gasteiger partial charge is 0.402 e. The van der Waals surface area contributed by atoms with Gasteiger partial charge >= 0.3 is 6.18 Å². The van der Waals surface area contributed by atoms with Crippen molar-refractivity contribution >= 4 is 5.78 Å². The van der Waals surface area contributed by atoms with E-state index in [9.17, 15) is 22.8 Å². The van der Waals surface area contributed by atoms with E-state index in [2.05, 4.69) is 15.2 Å². The van der Waals surface area contributed by atoms with E-state index in [4.69, 9.17) is 0 Å². The number of aromatic amines is 2. The van der Waals surface area contributed by atoms with Gasteiger partial charge in [-0.2, -0.15) is 18.3 Å². The highest BCUT2D eigenvalue weighted by Gasteiger charge is 2.46. The lowest BCUT2D eigenvalue weighted by molar-refractivity contribution is -0.142. The number of carbonyl (C=O) groups is 1. The quantitative estimate of drug-likeness (QED) is 0.893. The molecule has 2 aromatic rings. The smallest absolute Gasteiger partial charge is 0.325 e. The van der Waals surface area contributed by atoms with Crippen molar-refractivity contribution in [2.45, 2.75) is 31.4 Å². The minimum atomic E-state index is -4.68. The number of fused-ring (bicyclic) bond motifs is 1. The summed E-state index contributed by atoms with van der Waals surface area (Å²) < 4.78 is 40.5. The zero-order valence-electron chi connectivity index (χ0n) is 11.3. The fourth-order valence-corrected chi connectivity index (χ4v) is 2.76. The fourth-order valence-electron chi connectivity index (χ4n) is 2.76. The number of carbonyl (C=O) groups excluding carboxylic acids is 1. The summed E-state index contributed by atoms with van der Waals surface area (Å²) >= 11 is 0. The maximum atomic E-state index is 13.5. The Morgan fingerprint density at radius 2 is 1.95 bits per heavy atom. The van der Waals surface area contributed by atoms with E-state index >= 15 is 0 Å². The van der Waals surface area contributed by atoms with Crippen molar-refractivity contribution in [1.29, 1.82) is 0 Å². The lowest BCUT2D eigenvalue weighted by Crippen LogP contribution is -2.27. The van der Waals surface area contributed by atoms with Gasteiger partial charge in [-0.05, 0) is 18.9 Å². The molecule has 0 aromatic carbocycles. The molecule has 2 N–H and O–H groups in total. The Morgan fingerprint density at radius 1 is 1.18 bits per heavy atom. The van der Waals surface area contributed by atoms with Crippen molar-refractivity contribution in [1.82, 2.24) is 15.2 Å². The van der Waals surface area contributed by atoms with E-state index in [1.54, 1.807) is 0 Å². The van der Waals surface area contributed by atoms with Crippen LogP contribution in [0, 0.1) is 0 Å². The van der Waals surface area contributed by atoms with Gasteiger partial charge in [0.1, 0.15) is 5.92 Å². The Morgan fingerprint density at radius 3 is 2.64 bits per heavy atom. The predicted molar refractivity (Wildman–Crippen MR) is 70.8 cm³/mol. The summed E-state index contributed by atoms with van der Waals surface area (Å²) in [6.45, 7) is 0. The summed E-state index contributed by atoms with van der Waals surface area (Å²) in [6, 6.07) is 3.55. The number of alkyl halides is 3. The predicted octanol–water partition coefficient (Wildman–Crippen LogP) is 2.31. The van der Waals surface area contributed by atoms with Gasteiger partial charge in [0, 0.05) is 23.9 Å². The van der Waals surface area contributed by atoms with Crippen LogP contribution in [0.4, 0.5) is 13.2 Å². The highest BCUT2D eigenvalue weighted by molar-refractivity contribution is 5.99. The molecule has 0 aliphatic heterocycles. The molecule has 0 saturated carbocycles. The number of aromatic nitrogens is 3. The van der Waals surface area contributed by atoms with Gasteiger partial charge < -0.3 is 4.98 Å². The summed E-state index contributed by atoms with van der Waals surface area (Å²) in [5.74, 6) is -2.49. The number of Topliss-reactive ketones (excluding diaryl/α,β-unsaturated/α-hetero) is 1. The fraction of sp³-hybridized carbons (Fsp3) is 0.357. The lowest BCUT2D eigenvalue weighted by atomic mass is 9.88. The Labute approximate surface area is 122 Å². The van der Waals surface area contributed by atoms with Crippen LogP contribution in [0.1, 0.15) is 46.2 Å². The molecular formula is C14H12F3N3O2. The van der Waals surface area contributed by atoms with E-state index < -0.39 is 17.7 Å². The van der Waals surface area contributed by atoms with Gasteiger partial charge in [0.15, 0.2) is 5.78 Å². The van der Waals surface area contributed by atoms with E-state index in [1.807, 2.05) is 0 Å². The van der Waals surface area contributed by atoms with Crippen molar-refractivity contribution in [3.63, 3.8) is 0 Å². The Hall–Kier alpha value is -2.38. The number of ketones is 1. The lowest BCUT2D eigenvalue weighted by Gasteiger charge is -2.20. The third kappa shape index (κ3) is 2.44. The van der Waals surface area contributed by atoms with Gasteiger partial charge in [-0.3, -0.25) is 14.7 Å². The molecule has 116 valence electrons. The van der Waals surface area contributed by atoms with Crippen LogP contribution in [0.2, 0.25) is 0 Å². The van der Waals surface area contributed by atoms with Crippen molar-refractivity contribution < 1.29 is 18.0 Å². The summed E-state index contributed by atoms with van der Waals surface area (Å²) in [5.41, 5.74) is -0.888. The Bertz CT molecular complexity index is 776. The molecule has 3 rings (SSSR count). The SMILES string of the molecule is O=C1CCCc2[nH]nc(C(c3cccc(=O)[nH]3)C(F)(F)F)c21. The van der Waals surface area contributed by atoms with Crippen molar-refractivity contribution in [2.75, 3.05) is 0 Å². The van der Waals surface area contributed by atoms with Crippen LogP contribution in [0.3, 0.4) is 0 Å². The van der Waals surface area contributed by atoms with E-state index in [0.29, 0.717) is 18.5 Å². The van der Waals surface area contributed by atoms with Crippen LogP contribution >= 0.6 is 0 Å². The molecule has 0 saturated heterocycles. The molecule has 1 aliphatic rings. The maximum Gasteiger partial charge on any atom is 0.402 e. The molecule has 1 unspecified atom stereocenters. The number of hydrogen-bond donors (Lipinski definition) is 2. The second-order valence-electron chi connectivity index (χ2n) is 5.18. The van der Waals surface area contributed by atoms with Crippen molar-refractivity contribution in [3.05, 3.63) is 51.2 Å². The molecule has 0 fully saturated rings. The molecule has 8 heteroatoms. The van der Waals surface area contributed by atoms with Crippen LogP contribution < -0.4 is 5.56 Å². The van der Waals surface area contributed by atoms with E-state index in [1.165, 1.54) is 12.1 Å². The molecule has 5 nitrogen and oxygen atoms in total. The van der Waals surface area contributed by atoms with Crippen molar-refractivity contribution in [2.24, 2.45) is 0 Å². The highest BCUT2D eigenvalue weighted by Crippen LogP contribution is 2.41. The summed E-state index contributed by atoms with van der Waals surface area (Å²) in [6.07, 6.45) is -3.39. The van der Waals surface area contributed by atoms with Crippen LogP contribution in [0.5, 0.6) is 0 Å². The first-order valence-electron chi connectivity index (χ1n) is 6.74. The first kappa shape index (κ1) is 14.6. The first-order valence-corrected chi connectivity index (χ1v) is 6.74. The third-order valence-corrected chi connectivity index (χ3v) is 3.68. The van der Waals surface area contributed by atoms with Crippen molar-refractivity contribution in [3.8, 4) is 0 Å². The number of hydrogen-bond acceptors (Lipinski definition) is 3. The second-order valence-corrected chi connectivity index (χ2v) is 5.18. The maximum absolute atomic E-state index is 13.5. The molecule has 0 spiro atoms. The van der Waals surface area contributed by atoms with Crippen LogP contribution in [0.25, 0.3) is 0 Å². The van der Waals surface area contributed by atoms with Gasteiger partial charge in [0.05, 0.1) is 11.3 Å². The molecule has 0 amide bonds. The number of nitrogens with one attached hydrogen (secondary N) is 2. The average Bonchev–Trinajstić information content (AvgIpc) is 2.83. The molecular weight excluding hydrogens is 299 g/mol. The van der Waals surface area contributed by atoms with Gasteiger partial charge in [-0.25, -0.2) is 0 Å². The zero-order valence-corrected chi connectivity index (χ0v) is 11.3. The standard InChI is InChI=1S/C14H12F3N3O2/c15-14(16,17)12(8-4-2-6-10(22)18-8)13-11-7(19-20-13)3-1-5-9(11)21/h2,4,6,12H,1,3,5H2,(H,18,22)(H,19,20). The highest BCUT2D eigenvalue weighted by atomic mass is 19.4. The minimum Gasteiger partial charge on any atom is -0.325 e. The number of pyridine rings is 1. The topological polar surface area (TPSA) is 78.6 Å². The molecule has 22 heavy (non-hydrogen) atoms. The number of aryl methyl sites for hydroxylation is 1. The number of halogens is 3. The Kier molecular flexibility index (Phi) is 3.38. The molecule has 0 bridgehead atoms. The Balaban J connectivity index is 2.18. The molecule has 0 radical (unpaired) electrons. The average molecular weight is 311 g/mol. The minimum absolute atomic E-state index is 0.0123. The van der Waals surface area contributed by atoms with Gasteiger partial charge in [-0.15, -0.1) is 0 Å². The second kappa shape index (κ2) is 5.11. The number of nitrogens with zero attached hydrogens (tertiary/aromatic N) is 1. The number of rotatable bonds is 2. The van der Waals surface area contributed by atoms with E-state index in [0.717, 1.165) is 6.07 Å². The van der Waals surface area contributed by atoms with Gasteiger partial charge in [0.25, 0.3) is 0 Å². The van der Waals surface area contributed by atoms with Crippen LogP contribution in [-0.2, 0) is 6.42 Å². The van der Waals surface area contributed by atoms with Gasteiger partial charge in [-0.1, -0.05) is 6.07 Å². The molecule has 1 aliphatic carbocycles. The van der Waals surface area contributed by atoms with Gasteiger partial charge in [0.2, 0.25) is 5.56 Å². The molecule has 1 atom stereocenters. The normalized spacial score (nSPS) is 16.4. The van der Waals surface area contributed by atoms with Crippen LogP contribution in [-0.4, -0.2) is 27.1 Å². The summed E-state index contributed by atoms with van der Waals surface area (Å²) in [7, 11) is 0. The van der Waals surface area contributed by atoms with Crippen LogP contribution in [0.15, 0.2) is 23.0 Å². The number of H-pyrrole nitrogens is 2. The summed E-state index contributed by atoms with van der Waals surface area (Å²) in [4.78, 5) is 25.5. The van der Waals surface area contributed by atoms with E-state index in [-0.39, 0.29) is 29.2 Å². The zero-order chi connectivity index (χ0) is 15.9. The monoisotopic (exact) mass is 311 g/mol.